The molecule has 0 radical (unpaired) electrons. The van der Waals surface area contributed by atoms with Crippen LogP contribution in [0.3, 0.4) is 0 Å². The molecule has 0 heterocycles. The topological polar surface area (TPSA) is 65.0 Å². The van der Waals surface area contributed by atoms with Gasteiger partial charge in [-0.2, -0.15) is 0 Å². The zero-order valence-corrected chi connectivity index (χ0v) is 12.5. The Balaban J connectivity index is 2.25. The predicted molar refractivity (Wildman–Crippen MR) is 81.9 cm³/mol. The van der Waals surface area contributed by atoms with E-state index in [1.807, 2.05) is 25.1 Å². The summed E-state index contributed by atoms with van der Waals surface area (Å²) in [6.45, 7) is 2.25. The molecule has 5 heteroatoms. The summed E-state index contributed by atoms with van der Waals surface area (Å²) in [5, 5.41) is 9.20. The molecule has 0 aliphatic carbocycles. The van der Waals surface area contributed by atoms with Crippen molar-refractivity contribution in [2.24, 2.45) is 0 Å². The lowest BCUT2D eigenvalue weighted by molar-refractivity contribution is 0.0693. The van der Waals surface area contributed by atoms with Crippen LogP contribution in [0, 0.1) is 0 Å². The quantitative estimate of drug-likeness (QED) is 0.846. The van der Waals surface area contributed by atoms with Crippen LogP contribution in [0.5, 0.6) is 17.2 Å². The van der Waals surface area contributed by atoms with Crippen LogP contribution in [0.1, 0.15) is 17.3 Å². The van der Waals surface area contributed by atoms with E-state index in [2.05, 4.69) is 0 Å². The maximum absolute atomic E-state index is 11.2. The number of carboxylic acids is 1. The third-order valence-corrected chi connectivity index (χ3v) is 2.84. The Morgan fingerprint density at radius 3 is 2.41 bits per heavy atom. The molecular weight excluding hydrogens is 284 g/mol. The molecule has 0 unspecified atom stereocenters. The largest absolute Gasteiger partial charge is 0.488 e. The van der Waals surface area contributed by atoms with Crippen LogP contribution in [0.2, 0.25) is 0 Å². The lowest BCUT2D eigenvalue weighted by Crippen LogP contribution is -2.18. The second-order valence-corrected chi connectivity index (χ2v) is 4.80. The Morgan fingerprint density at radius 1 is 1.09 bits per heavy atom. The van der Waals surface area contributed by atoms with Gasteiger partial charge >= 0.3 is 5.97 Å². The molecule has 0 saturated heterocycles. The number of methoxy groups -OCH3 is 1. The zero-order chi connectivity index (χ0) is 15.9. The van der Waals surface area contributed by atoms with Crippen molar-refractivity contribution >= 4 is 5.97 Å². The van der Waals surface area contributed by atoms with E-state index in [1.54, 1.807) is 25.3 Å². The highest BCUT2D eigenvalue weighted by Gasteiger charge is 2.11. The van der Waals surface area contributed by atoms with Crippen molar-refractivity contribution in [1.82, 2.24) is 0 Å². The third kappa shape index (κ3) is 4.49. The van der Waals surface area contributed by atoms with Crippen molar-refractivity contribution in [3.8, 4) is 17.2 Å². The number of benzene rings is 2. The molecule has 1 N–H and O–H groups in total. The highest BCUT2D eigenvalue weighted by molar-refractivity contribution is 5.88. The van der Waals surface area contributed by atoms with E-state index in [-0.39, 0.29) is 11.7 Å². The Bertz CT molecular complexity index is 624. The molecule has 0 aliphatic rings. The second kappa shape index (κ2) is 7.47. The van der Waals surface area contributed by atoms with Gasteiger partial charge in [0.1, 0.15) is 23.4 Å². The van der Waals surface area contributed by atoms with Gasteiger partial charge in [-0.15, -0.1) is 0 Å². The maximum Gasteiger partial charge on any atom is 0.335 e. The van der Waals surface area contributed by atoms with Crippen molar-refractivity contribution in [1.29, 1.82) is 0 Å². The summed E-state index contributed by atoms with van der Waals surface area (Å²) < 4.78 is 16.3. The summed E-state index contributed by atoms with van der Waals surface area (Å²) in [5.41, 5.74) is 0.105. The third-order valence-electron chi connectivity index (χ3n) is 2.84. The number of ether oxygens (including phenoxy) is 3. The minimum absolute atomic E-state index is 0.105. The van der Waals surface area contributed by atoms with Crippen LogP contribution in [0.4, 0.5) is 0 Å². The van der Waals surface area contributed by atoms with E-state index >= 15 is 0 Å². The van der Waals surface area contributed by atoms with Crippen molar-refractivity contribution < 1.29 is 24.1 Å². The van der Waals surface area contributed by atoms with E-state index in [9.17, 15) is 9.90 Å². The van der Waals surface area contributed by atoms with E-state index in [1.165, 1.54) is 12.1 Å². The first-order valence-corrected chi connectivity index (χ1v) is 6.85. The fourth-order valence-corrected chi connectivity index (χ4v) is 1.95. The molecule has 22 heavy (non-hydrogen) atoms. The Labute approximate surface area is 129 Å². The zero-order valence-electron chi connectivity index (χ0n) is 12.5. The number of hydrogen-bond acceptors (Lipinski definition) is 4. The summed E-state index contributed by atoms with van der Waals surface area (Å²) in [5.74, 6) is 0.421. The number of aromatic carboxylic acids is 1. The van der Waals surface area contributed by atoms with E-state index in [0.717, 1.165) is 0 Å². The normalized spacial score (nSPS) is 11.7. The molecule has 1 atom stereocenters. The standard InChI is InChI=1S/C17H18O5/c1-12(11-20-2)21-15-8-13(17(18)19)9-16(10-15)22-14-6-4-3-5-7-14/h3-10,12H,11H2,1-2H3,(H,18,19)/t12-/m0/s1. The van der Waals surface area contributed by atoms with Gasteiger partial charge in [0.25, 0.3) is 0 Å². The fraction of sp³-hybridized carbons (Fsp3) is 0.235. The number of para-hydroxylation sites is 1. The summed E-state index contributed by atoms with van der Waals surface area (Å²) in [4.78, 5) is 11.2. The monoisotopic (exact) mass is 302 g/mol. The molecule has 2 aromatic carbocycles. The first-order chi connectivity index (χ1) is 10.6. The summed E-state index contributed by atoms with van der Waals surface area (Å²) in [6, 6.07) is 13.7. The van der Waals surface area contributed by atoms with Gasteiger partial charge in [-0.1, -0.05) is 18.2 Å². The molecule has 0 saturated carbocycles. The molecule has 0 aromatic heterocycles. The molecule has 0 fully saturated rings. The minimum Gasteiger partial charge on any atom is -0.488 e. The van der Waals surface area contributed by atoms with Gasteiger partial charge in [-0.05, 0) is 31.2 Å². The van der Waals surface area contributed by atoms with Gasteiger partial charge in [0.15, 0.2) is 0 Å². The second-order valence-electron chi connectivity index (χ2n) is 4.80. The van der Waals surface area contributed by atoms with Crippen LogP contribution < -0.4 is 9.47 Å². The first kappa shape index (κ1) is 15.9. The Morgan fingerprint density at radius 2 is 1.77 bits per heavy atom. The molecule has 2 rings (SSSR count). The van der Waals surface area contributed by atoms with Crippen molar-refractivity contribution in [2.45, 2.75) is 13.0 Å². The van der Waals surface area contributed by atoms with Crippen LogP contribution >= 0.6 is 0 Å². The SMILES string of the molecule is COC[C@H](C)Oc1cc(Oc2ccccc2)cc(C(=O)O)c1. The van der Waals surface area contributed by atoms with Gasteiger partial charge in [0.2, 0.25) is 0 Å². The average Bonchev–Trinajstić information content (AvgIpc) is 2.48. The van der Waals surface area contributed by atoms with Crippen LogP contribution in [0.15, 0.2) is 48.5 Å². The molecule has 0 spiro atoms. The van der Waals surface area contributed by atoms with E-state index in [4.69, 9.17) is 14.2 Å². The molecule has 0 aliphatic heterocycles. The van der Waals surface area contributed by atoms with Crippen molar-refractivity contribution in [3.05, 3.63) is 54.1 Å². The van der Waals surface area contributed by atoms with Gasteiger partial charge in [0, 0.05) is 13.2 Å². The molecule has 116 valence electrons. The average molecular weight is 302 g/mol. The lowest BCUT2D eigenvalue weighted by Gasteiger charge is -2.15. The van der Waals surface area contributed by atoms with Gasteiger partial charge in [0.05, 0.1) is 12.2 Å². The lowest BCUT2D eigenvalue weighted by atomic mass is 10.2. The smallest absolute Gasteiger partial charge is 0.335 e. The van der Waals surface area contributed by atoms with E-state index in [0.29, 0.717) is 23.9 Å². The first-order valence-electron chi connectivity index (χ1n) is 6.85. The Hall–Kier alpha value is -2.53. The molecule has 0 amide bonds. The summed E-state index contributed by atoms with van der Waals surface area (Å²) in [6.07, 6.45) is -0.196. The summed E-state index contributed by atoms with van der Waals surface area (Å²) in [7, 11) is 1.58. The van der Waals surface area contributed by atoms with Crippen LogP contribution in [-0.4, -0.2) is 30.9 Å². The van der Waals surface area contributed by atoms with Crippen molar-refractivity contribution in [3.63, 3.8) is 0 Å². The predicted octanol–water partition coefficient (Wildman–Crippen LogP) is 3.59. The summed E-state index contributed by atoms with van der Waals surface area (Å²) >= 11 is 0. The highest BCUT2D eigenvalue weighted by atomic mass is 16.5. The van der Waals surface area contributed by atoms with E-state index < -0.39 is 5.97 Å². The number of hydrogen-bond donors (Lipinski definition) is 1. The Kier molecular flexibility index (Phi) is 5.38. The number of rotatable bonds is 7. The molecular formula is C17H18O5. The maximum atomic E-state index is 11.2. The fourth-order valence-electron chi connectivity index (χ4n) is 1.95. The highest BCUT2D eigenvalue weighted by Crippen LogP contribution is 2.28. The number of carbonyl (C=O) groups is 1. The van der Waals surface area contributed by atoms with Crippen LogP contribution in [-0.2, 0) is 4.74 Å². The molecule has 0 bridgehead atoms. The van der Waals surface area contributed by atoms with Crippen molar-refractivity contribution in [2.75, 3.05) is 13.7 Å². The van der Waals surface area contributed by atoms with Crippen LogP contribution in [0.25, 0.3) is 0 Å². The van der Waals surface area contributed by atoms with Gasteiger partial charge < -0.3 is 19.3 Å². The number of carboxylic acid groups (broad SMARTS) is 1. The molecule has 5 nitrogen and oxygen atoms in total. The minimum atomic E-state index is -1.04. The van der Waals surface area contributed by atoms with Gasteiger partial charge in [-0.25, -0.2) is 4.79 Å². The van der Waals surface area contributed by atoms with Gasteiger partial charge in [-0.3, -0.25) is 0 Å². The molecule has 2 aromatic rings.